The van der Waals surface area contributed by atoms with Crippen LogP contribution in [0.5, 0.6) is 5.75 Å². The van der Waals surface area contributed by atoms with Crippen LogP contribution < -0.4 is 4.74 Å². The highest BCUT2D eigenvalue weighted by Crippen LogP contribution is 2.41. The molecular formula is C13H16O3. The molecule has 0 unspecified atom stereocenters. The monoisotopic (exact) mass is 220 g/mol. The molecule has 0 spiro atoms. The summed E-state index contributed by atoms with van der Waals surface area (Å²) < 4.78 is 10.4. The van der Waals surface area contributed by atoms with Crippen LogP contribution in [0.1, 0.15) is 31.2 Å². The lowest BCUT2D eigenvalue weighted by Crippen LogP contribution is -2.25. The molecule has 0 atom stereocenters. The Balaban J connectivity index is 2.27. The first-order chi connectivity index (χ1) is 7.80. The Hall–Kier alpha value is -1.51. The van der Waals surface area contributed by atoms with E-state index >= 15 is 0 Å². The number of methoxy groups -OCH3 is 1. The molecule has 16 heavy (non-hydrogen) atoms. The van der Waals surface area contributed by atoms with E-state index in [1.165, 1.54) is 0 Å². The lowest BCUT2D eigenvalue weighted by atomic mass is 9.92. The molecule has 1 aromatic carbocycles. The topological polar surface area (TPSA) is 35.5 Å². The zero-order valence-electron chi connectivity index (χ0n) is 9.44. The lowest BCUT2D eigenvalue weighted by molar-refractivity contribution is -0.144. The number of rotatable bonds is 4. The predicted octanol–water partition coefficient (Wildman–Crippen LogP) is 2.64. The molecule has 86 valence electrons. The Labute approximate surface area is 95.4 Å². The summed E-state index contributed by atoms with van der Waals surface area (Å²) in [5, 5.41) is 0. The van der Waals surface area contributed by atoms with E-state index in [4.69, 9.17) is 9.47 Å². The van der Waals surface area contributed by atoms with Gasteiger partial charge in [-0.05, 0) is 43.4 Å². The number of hydrogen-bond acceptors (Lipinski definition) is 3. The Morgan fingerprint density at radius 3 is 2.31 bits per heavy atom. The summed E-state index contributed by atoms with van der Waals surface area (Å²) in [6, 6.07) is 7.77. The third-order valence-electron chi connectivity index (χ3n) is 3.30. The molecule has 3 nitrogen and oxygen atoms in total. The van der Waals surface area contributed by atoms with Gasteiger partial charge in [0.25, 0.3) is 6.47 Å². The molecule has 1 fully saturated rings. The van der Waals surface area contributed by atoms with E-state index in [9.17, 15) is 4.79 Å². The zero-order chi connectivity index (χ0) is 11.4. The van der Waals surface area contributed by atoms with Gasteiger partial charge in [0.2, 0.25) is 0 Å². The Morgan fingerprint density at radius 2 is 1.81 bits per heavy atom. The lowest BCUT2D eigenvalue weighted by Gasteiger charge is -2.27. The van der Waals surface area contributed by atoms with Gasteiger partial charge in [-0.1, -0.05) is 12.1 Å². The van der Waals surface area contributed by atoms with Crippen LogP contribution in [0.15, 0.2) is 24.3 Å². The maximum atomic E-state index is 10.6. The predicted molar refractivity (Wildman–Crippen MR) is 60.3 cm³/mol. The second kappa shape index (κ2) is 4.56. The van der Waals surface area contributed by atoms with Crippen molar-refractivity contribution in [3.8, 4) is 5.75 Å². The number of ether oxygens (including phenoxy) is 2. The van der Waals surface area contributed by atoms with E-state index < -0.39 is 5.60 Å². The second-order valence-corrected chi connectivity index (χ2v) is 4.14. The van der Waals surface area contributed by atoms with Gasteiger partial charge in [0, 0.05) is 0 Å². The molecule has 0 N–H and O–H groups in total. The number of carbonyl (C=O) groups excluding carboxylic acids is 1. The first-order valence-corrected chi connectivity index (χ1v) is 5.57. The van der Waals surface area contributed by atoms with Crippen LogP contribution in [0.4, 0.5) is 0 Å². The Bertz CT molecular complexity index is 350. The number of hydrogen-bond donors (Lipinski definition) is 0. The molecule has 0 saturated heterocycles. The molecule has 0 radical (unpaired) electrons. The minimum absolute atomic E-state index is 0.395. The molecule has 0 heterocycles. The van der Waals surface area contributed by atoms with E-state index in [1.807, 2.05) is 24.3 Å². The van der Waals surface area contributed by atoms with Crippen molar-refractivity contribution in [3.63, 3.8) is 0 Å². The summed E-state index contributed by atoms with van der Waals surface area (Å²) >= 11 is 0. The molecule has 0 amide bonds. The van der Waals surface area contributed by atoms with Gasteiger partial charge in [0.15, 0.2) is 0 Å². The zero-order valence-corrected chi connectivity index (χ0v) is 9.44. The van der Waals surface area contributed by atoms with Crippen molar-refractivity contribution >= 4 is 6.47 Å². The number of carbonyl (C=O) groups is 1. The minimum Gasteiger partial charge on any atom is -0.497 e. The minimum atomic E-state index is -0.395. The van der Waals surface area contributed by atoms with E-state index in [2.05, 4.69) is 0 Å². The highest BCUT2D eigenvalue weighted by Gasteiger charge is 2.37. The summed E-state index contributed by atoms with van der Waals surface area (Å²) in [7, 11) is 1.64. The fourth-order valence-electron chi connectivity index (χ4n) is 2.41. The largest absolute Gasteiger partial charge is 0.497 e. The van der Waals surface area contributed by atoms with Gasteiger partial charge in [-0.15, -0.1) is 0 Å². The molecule has 0 bridgehead atoms. The highest BCUT2D eigenvalue weighted by molar-refractivity contribution is 5.41. The smallest absolute Gasteiger partial charge is 0.293 e. The van der Waals surface area contributed by atoms with Crippen molar-refractivity contribution in [2.45, 2.75) is 31.3 Å². The van der Waals surface area contributed by atoms with Gasteiger partial charge in [-0.25, -0.2) is 0 Å². The van der Waals surface area contributed by atoms with Crippen LogP contribution in [-0.4, -0.2) is 13.6 Å². The average Bonchev–Trinajstić information content (AvgIpc) is 2.80. The first-order valence-electron chi connectivity index (χ1n) is 5.57. The third-order valence-corrected chi connectivity index (χ3v) is 3.30. The van der Waals surface area contributed by atoms with Crippen LogP contribution in [0.25, 0.3) is 0 Å². The SMILES string of the molecule is COc1ccc(C2(OC=O)CCCC2)cc1. The summed E-state index contributed by atoms with van der Waals surface area (Å²) in [6.07, 6.45) is 4.05. The van der Waals surface area contributed by atoms with E-state index in [0.29, 0.717) is 6.47 Å². The third kappa shape index (κ3) is 1.90. The summed E-state index contributed by atoms with van der Waals surface area (Å²) in [5.41, 5.74) is 0.673. The van der Waals surface area contributed by atoms with Gasteiger partial charge in [0.05, 0.1) is 7.11 Å². The van der Waals surface area contributed by atoms with Gasteiger partial charge < -0.3 is 9.47 Å². The van der Waals surface area contributed by atoms with Gasteiger partial charge in [-0.3, -0.25) is 4.79 Å². The van der Waals surface area contributed by atoms with Crippen molar-refractivity contribution in [3.05, 3.63) is 29.8 Å². The molecular weight excluding hydrogens is 204 g/mol. The summed E-state index contributed by atoms with van der Waals surface area (Å²) in [4.78, 5) is 10.6. The normalized spacial score (nSPS) is 18.1. The Kier molecular flexibility index (Phi) is 3.13. The molecule has 0 aromatic heterocycles. The van der Waals surface area contributed by atoms with Crippen molar-refractivity contribution in [2.75, 3.05) is 7.11 Å². The quantitative estimate of drug-likeness (QED) is 0.732. The molecule has 3 heteroatoms. The molecule has 1 aliphatic carbocycles. The first kappa shape index (κ1) is 11.0. The molecule has 2 rings (SSSR count). The van der Waals surface area contributed by atoms with E-state index in [0.717, 1.165) is 37.0 Å². The van der Waals surface area contributed by atoms with Crippen LogP contribution in [0.2, 0.25) is 0 Å². The van der Waals surface area contributed by atoms with Crippen LogP contribution in [0, 0.1) is 0 Å². The average molecular weight is 220 g/mol. The van der Waals surface area contributed by atoms with Gasteiger partial charge in [-0.2, -0.15) is 0 Å². The van der Waals surface area contributed by atoms with Crippen molar-refractivity contribution in [1.29, 1.82) is 0 Å². The maximum absolute atomic E-state index is 10.6. The molecule has 0 aliphatic heterocycles. The Morgan fingerprint density at radius 1 is 1.19 bits per heavy atom. The van der Waals surface area contributed by atoms with Crippen LogP contribution >= 0.6 is 0 Å². The van der Waals surface area contributed by atoms with E-state index in [1.54, 1.807) is 7.11 Å². The summed E-state index contributed by atoms with van der Waals surface area (Å²) in [6.45, 7) is 0.565. The van der Waals surface area contributed by atoms with Crippen LogP contribution in [0.3, 0.4) is 0 Å². The maximum Gasteiger partial charge on any atom is 0.293 e. The fourth-order valence-corrected chi connectivity index (χ4v) is 2.41. The fraction of sp³-hybridized carbons (Fsp3) is 0.462. The van der Waals surface area contributed by atoms with Gasteiger partial charge in [0.1, 0.15) is 11.4 Å². The highest BCUT2D eigenvalue weighted by atomic mass is 16.5. The van der Waals surface area contributed by atoms with Crippen molar-refractivity contribution in [1.82, 2.24) is 0 Å². The van der Waals surface area contributed by atoms with E-state index in [-0.39, 0.29) is 0 Å². The molecule has 1 saturated carbocycles. The van der Waals surface area contributed by atoms with Crippen LogP contribution in [-0.2, 0) is 15.1 Å². The van der Waals surface area contributed by atoms with Crippen molar-refractivity contribution < 1.29 is 14.3 Å². The van der Waals surface area contributed by atoms with Gasteiger partial charge >= 0.3 is 0 Å². The van der Waals surface area contributed by atoms with Crippen molar-refractivity contribution in [2.24, 2.45) is 0 Å². The standard InChI is InChI=1S/C13H16O3/c1-15-12-6-4-11(5-7-12)13(16-10-14)8-2-3-9-13/h4-7,10H,2-3,8-9H2,1H3. The molecule has 1 aliphatic rings. The molecule has 1 aromatic rings. The number of benzene rings is 1. The second-order valence-electron chi connectivity index (χ2n) is 4.14. The summed E-state index contributed by atoms with van der Waals surface area (Å²) in [5.74, 6) is 0.822.